The Hall–Kier alpha value is -8.40. The van der Waals surface area contributed by atoms with E-state index in [2.05, 4.69) is 218 Å². The Morgan fingerprint density at radius 3 is 1.52 bits per heavy atom. The molecule has 0 saturated heterocycles. The second-order valence-corrected chi connectivity index (χ2v) is 16.5. The van der Waals surface area contributed by atoms with E-state index in [0.29, 0.717) is 5.84 Å². The summed E-state index contributed by atoms with van der Waals surface area (Å²) in [4.78, 5) is 10.2. The Labute approximate surface area is 372 Å². The highest BCUT2D eigenvalue weighted by Gasteiger charge is 2.22. The van der Waals surface area contributed by atoms with Gasteiger partial charge in [0, 0.05) is 11.1 Å². The van der Waals surface area contributed by atoms with Crippen LogP contribution in [0.25, 0.3) is 87.6 Å². The summed E-state index contributed by atoms with van der Waals surface area (Å²) in [6.45, 7) is 0. The molecular formula is C61H41N3. The Morgan fingerprint density at radius 2 is 0.812 bits per heavy atom. The fraction of sp³-hybridized carbons (Fsp3) is 0.0164. The van der Waals surface area contributed by atoms with Crippen molar-refractivity contribution in [1.82, 2.24) is 5.32 Å². The molecule has 3 heteroatoms. The van der Waals surface area contributed by atoms with E-state index in [-0.39, 0.29) is 6.17 Å². The fourth-order valence-electron chi connectivity index (χ4n) is 9.54. The van der Waals surface area contributed by atoms with E-state index in [4.69, 9.17) is 9.98 Å². The SMILES string of the molecule is c1ccc(C2=NC(c3ccc(-c4ccccc4)cc3)NC(c3ccc(-c4ccc5ccccc5c4-c4cccc(-c5ccc6c7ccccc7c7ccccc7c6c5)c4)cc3)=N2)cc1. The maximum atomic E-state index is 5.13. The van der Waals surface area contributed by atoms with Crippen LogP contribution in [0, 0.1) is 0 Å². The van der Waals surface area contributed by atoms with Gasteiger partial charge in [0.1, 0.15) is 12.0 Å². The summed E-state index contributed by atoms with van der Waals surface area (Å²) in [7, 11) is 0. The van der Waals surface area contributed by atoms with Crippen LogP contribution >= 0.6 is 0 Å². The van der Waals surface area contributed by atoms with Crippen molar-refractivity contribution in [3.8, 4) is 44.5 Å². The van der Waals surface area contributed by atoms with E-state index in [1.807, 2.05) is 24.3 Å². The summed E-state index contributed by atoms with van der Waals surface area (Å²) in [5.41, 5.74) is 12.5. The molecule has 1 aliphatic rings. The van der Waals surface area contributed by atoms with Crippen LogP contribution in [0.1, 0.15) is 22.9 Å². The molecule has 64 heavy (non-hydrogen) atoms. The van der Waals surface area contributed by atoms with Gasteiger partial charge in [-0.15, -0.1) is 0 Å². The van der Waals surface area contributed by atoms with Crippen LogP contribution in [-0.2, 0) is 0 Å². The normalized spacial score (nSPS) is 13.8. The van der Waals surface area contributed by atoms with Crippen molar-refractivity contribution in [3.63, 3.8) is 0 Å². The van der Waals surface area contributed by atoms with Gasteiger partial charge in [-0.2, -0.15) is 0 Å². The maximum absolute atomic E-state index is 5.13. The maximum Gasteiger partial charge on any atom is 0.159 e. The lowest BCUT2D eigenvalue weighted by atomic mass is 9.88. The zero-order valence-electron chi connectivity index (χ0n) is 35.0. The highest BCUT2D eigenvalue weighted by atomic mass is 15.2. The first-order chi connectivity index (χ1) is 31.7. The lowest BCUT2D eigenvalue weighted by molar-refractivity contribution is 0.674. The Kier molecular flexibility index (Phi) is 9.23. The minimum Gasteiger partial charge on any atom is -0.344 e. The number of benzene rings is 11. The predicted octanol–water partition coefficient (Wildman–Crippen LogP) is 15.5. The molecule has 0 aliphatic carbocycles. The Morgan fingerprint density at radius 1 is 0.312 bits per heavy atom. The van der Waals surface area contributed by atoms with Crippen LogP contribution in [0.2, 0.25) is 0 Å². The monoisotopic (exact) mass is 815 g/mol. The molecule has 1 N–H and O–H groups in total. The van der Waals surface area contributed by atoms with Gasteiger partial charge in [-0.05, 0) is 105 Å². The average molecular weight is 816 g/mol. The molecule has 11 aromatic carbocycles. The number of aliphatic imine (C=N–C) groups is 2. The zero-order valence-corrected chi connectivity index (χ0v) is 35.0. The first-order valence-corrected chi connectivity index (χ1v) is 21.9. The van der Waals surface area contributed by atoms with Crippen molar-refractivity contribution in [2.45, 2.75) is 6.17 Å². The van der Waals surface area contributed by atoms with Crippen molar-refractivity contribution in [3.05, 3.63) is 253 Å². The van der Waals surface area contributed by atoms with E-state index >= 15 is 0 Å². The molecule has 0 spiro atoms. The van der Waals surface area contributed by atoms with E-state index < -0.39 is 0 Å². The Balaban J connectivity index is 0.918. The third kappa shape index (κ3) is 6.72. The van der Waals surface area contributed by atoms with Gasteiger partial charge >= 0.3 is 0 Å². The molecule has 0 radical (unpaired) electrons. The van der Waals surface area contributed by atoms with Crippen molar-refractivity contribution >= 4 is 54.8 Å². The molecule has 0 saturated carbocycles. The molecule has 1 unspecified atom stereocenters. The average Bonchev–Trinajstić information content (AvgIpc) is 3.39. The molecule has 0 bridgehead atoms. The summed E-state index contributed by atoms with van der Waals surface area (Å²) >= 11 is 0. The van der Waals surface area contributed by atoms with Gasteiger partial charge < -0.3 is 5.32 Å². The summed E-state index contributed by atoms with van der Waals surface area (Å²) in [6.07, 6.45) is -0.299. The number of nitrogens with one attached hydrogen (secondary N) is 1. The standard InChI is InChI=1S/C61H41N3/c1-3-14-40(15-4-1)41-26-30-45(31-27-41)60-62-59(44-17-5-2-6-18-44)63-61(64-60)46-32-28-43(29-33-46)51-36-34-42-16-7-8-21-50(42)58(51)49-20-13-19-47(38-49)48-35-37-56-54-24-10-9-22-52(54)53-23-11-12-25-55(53)57(56)39-48/h1-39,60H,(H,62,63,64). The number of rotatable bonds is 7. The minimum atomic E-state index is -0.299. The molecule has 0 amide bonds. The number of amidine groups is 2. The number of fused-ring (bicyclic) bond motifs is 7. The van der Waals surface area contributed by atoms with E-state index in [0.717, 1.165) is 28.1 Å². The zero-order chi connectivity index (χ0) is 42.4. The third-order valence-corrected chi connectivity index (χ3v) is 12.7. The van der Waals surface area contributed by atoms with Crippen molar-refractivity contribution in [2.24, 2.45) is 9.98 Å². The van der Waals surface area contributed by atoms with Crippen LogP contribution in [-0.4, -0.2) is 11.7 Å². The molecule has 3 nitrogen and oxygen atoms in total. The molecule has 1 heterocycles. The quantitative estimate of drug-likeness (QED) is 0.160. The van der Waals surface area contributed by atoms with E-state index in [1.165, 1.54) is 82.0 Å². The van der Waals surface area contributed by atoms with Crippen LogP contribution in [0.15, 0.2) is 247 Å². The molecule has 0 aromatic heterocycles. The van der Waals surface area contributed by atoms with Gasteiger partial charge in [-0.25, -0.2) is 9.98 Å². The van der Waals surface area contributed by atoms with Gasteiger partial charge in [0.25, 0.3) is 0 Å². The smallest absolute Gasteiger partial charge is 0.159 e. The van der Waals surface area contributed by atoms with Crippen molar-refractivity contribution in [2.75, 3.05) is 0 Å². The molecule has 300 valence electrons. The highest BCUT2D eigenvalue weighted by Crippen LogP contribution is 2.41. The molecule has 0 fully saturated rings. The fourth-order valence-corrected chi connectivity index (χ4v) is 9.54. The Bertz CT molecular complexity index is 3570. The molecule has 11 aromatic rings. The summed E-state index contributed by atoms with van der Waals surface area (Å²) < 4.78 is 0. The highest BCUT2D eigenvalue weighted by molar-refractivity contribution is 6.25. The van der Waals surface area contributed by atoms with Crippen LogP contribution in [0.4, 0.5) is 0 Å². The first kappa shape index (κ1) is 37.4. The number of hydrogen-bond acceptors (Lipinski definition) is 3. The molecule has 1 aliphatic heterocycles. The third-order valence-electron chi connectivity index (χ3n) is 12.7. The summed E-state index contributed by atoms with van der Waals surface area (Å²) in [5.74, 6) is 1.50. The lowest BCUT2D eigenvalue weighted by Gasteiger charge is -2.24. The van der Waals surface area contributed by atoms with Gasteiger partial charge in [0.15, 0.2) is 5.84 Å². The topological polar surface area (TPSA) is 36.8 Å². The second-order valence-electron chi connectivity index (χ2n) is 16.5. The largest absolute Gasteiger partial charge is 0.344 e. The predicted molar refractivity (Wildman–Crippen MR) is 270 cm³/mol. The van der Waals surface area contributed by atoms with Crippen molar-refractivity contribution < 1.29 is 0 Å². The van der Waals surface area contributed by atoms with Crippen LogP contribution in [0.3, 0.4) is 0 Å². The van der Waals surface area contributed by atoms with Crippen LogP contribution in [0.5, 0.6) is 0 Å². The lowest BCUT2D eigenvalue weighted by Crippen LogP contribution is -2.33. The molecular weight excluding hydrogens is 775 g/mol. The van der Waals surface area contributed by atoms with Crippen LogP contribution < -0.4 is 5.32 Å². The summed E-state index contributed by atoms with van der Waals surface area (Å²) in [5, 5.41) is 13.8. The van der Waals surface area contributed by atoms with Gasteiger partial charge in [0.2, 0.25) is 0 Å². The van der Waals surface area contributed by atoms with Gasteiger partial charge in [-0.1, -0.05) is 224 Å². The minimum absolute atomic E-state index is 0.299. The molecule has 1 atom stereocenters. The van der Waals surface area contributed by atoms with Crippen molar-refractivity contribution in [1.29, 1.82) is 0 Å². The number of hydrogen-bond donors (Lipinski definition) is 1. The molecule has 12 rings (SSSR count). The second kappa shape index (κ2) is 15.8. The van der Waals surface area contributed by atoms with E-state index in [9.17, 15) is 0 Å². The van der Waals surface area contributed by atoms with E-state index in [1.54, 1.807) is 0 Å². The number of nitrogens with zero attached hydrogens (tertiary/aromatic N) is 2. The van der Waals surface area contributed by atoms with Gasteiger partial charge in [0.05, 0.1) is 0 Å². The van der Waals surface area contributed by atoms with Gasteiger partial charge in [-0.3, -0.25) is 0 Å². The first-order valence-electron chi connectivity index (χ1n) is 21.9. The summed E-state index contributed by atoms with van der Waals surface area (Å²) in [6, 6.07) is 85.1.